The van der Waals surface area contributed by atoms with E-state index >= 15 is 0 Å². The Kier molecular flexibility index (Phi) is 5.40. The number of rotatable bonds is 6. The van der Waals surface area contributed by atoms with Crippen LogP contribution in [0.1, 0.15) is 62.6 Å². The first-order valence-corrected chi connectivity index (χ1v) is 8.00. The average molecular weight is 289 g/mol. The summed E-state index contributed by atoms with van der Waals surface area (Å²) in [6.45, 7) is 2.15. The lowest BCUT2D eigenvalue weighted by Crippen LogP contribution is -2.27. The molecule has 1 aromatic rings. The largest absolute Gasteiger partial charge is 0.469 e. The zero-order chi connectivity index (χ0) is 15.3. The monoisotopic (exact) mass is 289 g/mol. The maximum atomic E-state index is 11.7. The minimum Gasteiger partial charge on any atom is -0.469 e. The zero-order valence-electron chi connectivity index (χ0n) is 13.2. The Balaban J connectivity index is 2.06. The number of aryl methyl sites for hydroxylation is 1. The highest BCUT2D eigenvalue weighted by molar-refractivity contribution is 5.70. The number of methoxy groups -OCH3 is 1. The van der Waals surface area contributed by atoms with Crippen LogP contribution in [0.3, 0.4) is 0 Å². The molecule has 1 saturated carbocycles. The predicted octanol–water partition coefficient (Wildman–Crippen LogP) is 3.76. The third-order valence-electron chi connectivity index (χ3n) is 4.88. The second kappa shape index (κ2) is 7.08. The number of carbonyl (C=O) groups excluding carboxylic acids is 1. The molecule has 0 radical (unpaired) electrons. The molecule has 2 rings (SSSR count). The van der Waals surface area contributed by atoms with Crippen molar-refractivity contribution in [3.8, 4) is 0 Å². The molecule has 116 valence electrons. The summed E-state index contributed by atoms with van der Waals surface area (Å²) in [7, 11) is 1.47. The van der Waals surface area contributed by atoms with Crippen LogP contribution >= 0.6 is 0 Å². The summed E-state index contributed by atoms with van der Waals surface area (Å²) in [5.74, 6) is -0.106. The molecule has 3 nitrogen and oxygen atoms in total. The van der Waals surface area contributed by atoms with E-state index in [2.05, 4.69) is 31.2 Å². The van der Waals surface area contributed by atoms with E-state index in [0.717, 1.165) is 25.7 Å². The van der Waals surface area contributed by atoms with Gasteiger partial charge in [-0.05, 0) is 42.2 Å². The van der Waals surface area contributed by atoms with Crippen molar-refractivity contribution in [1.82, 2.24) is 0 Å². The van der Waals surface area contributed by atoms with E-state index in [0.29, 0.717) is 6.42 Å². The Morgan fingerprint density at radius 2 is 1.90 bits per heavy atom. The van der Waals surface area contributed by atoms with Crippen LogP contribution < -0.4 is 5.73 Å². The van der Waals surface area contributed by atoms with Gasteiger partial charge in [0.05, 0.1) is 13.5 Å². The van der Waals surface area contributed by atoms with Gasteiger partial charge in [-0.2, -0.15) is 0 Å². The molecule has 0 aromatic heterocycles. The molecule has 0 amide bonds. The highest BCUT2D eigenvalue weighted by Crippen LogP contribution is 2.46. The Morgan fingerprint density at radius 1 is 1.29 bits per heavy atom. The van der Waals surface area contributed by atoms with Gasteiger partial charge in [0, 0.05) is 6.04 Å². The molecule has 0 bridgehead atoms. The topological polar surface area (TPSA) is 52.3 Å². The van der Waals surface area contributed by atoms with Crippen LogP contribution in [0.5, 0.6) is 0 Å². The van der Waals surface area contributed by atoms with Crippen molar-refractivity contribution in [1.29, 1.82) is 0 Å². The van der Waals surface area contributed by atoms with Crippen LogP contribution in [-0.4, -0.2) is 13.1 Å². The molecule has 21 heavy (non-hydrogen) atoms. The lowest BCUT2D eigenvalue weighted by atomic mass is 9.76. The molecule has 1 unspecified atom stereocenters. The minimum absolute atomic E-state index is 0.00124. The van der Waals surface area contributed by atoms with Crippen molar-refractivity contribution in [3.63, 3.8) is 0 Å². The van der Waals surface area contributed by atoms with Crippen LogP contribution in [0, 0.1) is 5.41 Å². The molecular formula is C18H27NO2. The van der Waals surface area contributed by atoms with Crippen LogP contribution in [0.15, 0.2) is 24.3 Å². The molecule has 0 aliphatic heterocycles. The lowest BCUT2D eigenvalue weighted by molar-refractivity contribution is -0.143. The van der Waals surface area contributed by atoms with E-state index in [1.54, 1.807) is 0 Å². The number of ether oxygens (including phenoxy) is 1. The second-order valence-corrected chi connectivity index (χ2v) is 6.37. The SMILES string of the molecule is CCc1ccc(C(N)CC2(CC(=O)OC)CCCC2)cc1. The molecule has 1 fully saturated rings. The Labute approximate surface area is 127 Å². The summed E-state index contributed by atoms with van der Waals surface area (Å²) in [4.78, 5) is 11.7. The van der Waals surface area contributed by atoms with E-state index in [9.17, 15) is 4.79 Å². The normalized spacial score (nSPS) is 18.4. The van der Waals surface area contributed by atoms with Crippen molar-refractivity contribution in [2.45, 2.75) is 57.9 Å². The lowest BCUT2D eigenvalue weighted by Gasteiger charge is -2.31. The smallest absolute Gasteiger partial charge is 0.306 e. The number of hydrogen-bond acceptors (Lipinski definition) is 3. The Hall–Kier alpha value is -1.35. The van der Waals surface area contributed by atoms with Gasteiger partial charge in [-0.3, -0.25) is 4.79 Å². The van der Waals surface area contributed by atoms with E-state index in [-0.39, 0.29) is 17.4 Å². The summed E-state index contributed by atoms with van der Waals surface area (Å²) < 4.78 is 4.87. The molecule has 1 aliphatic carbocycles. The molecule has 1 aromatic carbocycles. The van der Waals surface area contributed by atoms with Gasteiger partial charge in [0.15, 0.2) is 0 Å². The maximum Gasteiger partial charge on any atom is 0.306 e. The number of nitrogens with two attached hydrogens (primary N) is 1. The first-order valence-electron chi connectivity index (χ1n) is 8.00. The van der Waals surface area contributed by atoms with Crippen molar-refractivity contribution >= 4 is 5.97 Å². The van der Waals surface area contributed by atoms with Gasteiger partial charge in [-0.1, -0.05) is 44.0 Å². The van der Waals surface area contributed by atoms with Crippen molar-refractivity contribution < 1.29 is 9.53 Å². The molecule has 0 saturated heterocycles. The van der Waals surface area contributed by atoms with Gasteiger partial charge in [-0.25, -0.2) is 0 Å². The molecular weight excluding hydrogens is 262 g/mol. The number of esters is 1. The molecule has 1 atom stereocenters. The summed E-state index contributed by atoms with van der Waals surface area (Å²) >= 11 is 0. The molecule has 0 spiro atoms. The van der Waals surface area contributed by atoms with Crippen molar-refractivity contribution in [2.24, 2.45) is 11.1 Å². The van der Waals surface area contributed by atoms with Crippen LogP contribution in [0.4, 0.5) is 0 Å². The minimum atomic E-state index is -0.106. The standard InChI is InChI=1S/C18H27NO2/c1-3-14-6-8-15(9-7-14)16(19)12-18(10-4-5-11-18)13-17(20)21-2/h6-9,16H,3-5,10-13,19H2,1-2H3. The van der Waals surface area contributed by atoms with Crippen LogP contribution in [0.25, 0.3) is 0 Å². The fourth-order valence-corrected chi connectivity index (χ4v) is 3.54. The quantitative estimate of drug-likeness (QED) is 0.811. The highest BCUT2D eigenvalue weighted by Gasteiger charge is 2.37. The summed E-state index contributed by atoms with van der Waals surface area (Å²) in [6.07, 6.45) is 6.97. The summed E-state index contributed by atoms with van der Waals surface area (Å²) in [6, 6.07) is 8.56. The number of hydrogen-bond donors (Lipinski definition) is 1. The summed E-state index contributed by atoms with van der Waals surface area (Å²) in [5, 5.41) is 0. The first kappa shape index (κ1) is 16.0. The van der Waals surface area contributed by atoms with Crippen molar-refractivity contribution in [3.05, 3.63) is 35.4 Å². The fourth-order valence-electron chi connectivity index (χ4n) is 3.54. The first-order chi connectivity index (χ1) is 10.1. The van der Waals surface area contributed by atoms with Crippen LogP contribution in [-0.2, 0) is 16.0 Å². The number of benzene rings is 1. The Bertz CT molecular complexity index is 461. The summed E-state index contributed by atoms with van der Waals surface area (Å²) in [5.41, 5.74) is 8.95. The maximum absolute atomic E-state index is 11.7. The Morgan fingerprint density at radius 3 is 2.43 bits per heavy atom. The second-order valence-electron chi connectivity index (χ2n) is 6.37. The molecule has 0 heterocycles. The van der Waals surface area contributed by atoms with Gasteiger partial charge >= 0.3 is 5.97 Å². The van der Waals surface area contributed by atoms with Gasteiger partial charge in [0.25, 0.3) is 0 Å². The van der Waals surface area contributed by atoms with Gasteiger partial charge in [0.2, 0.25) is 0 Å². The molecule has 1 aliphatic rings. The van der Waals surface area contributed by atoms with E-state index < -0.39 is 0 Å². The zero-order valence-corrected chi connectivity index (χ0v) is 13.2. The predicted molar refractivity (Wildman–Crippen MR) is 84.9 cm³/mol. The van der Waals surface area contributed by atoms with E-state index in [4.69, 9.17) is 10.5 Å². The highest BCUT2D eigenvalue weighted by atomic mass is 16.5. The van der Waals surface area contributed by atoms with Gasteiger partial charge in [0.1, 0.15) is 0 Å². The van der Waals surface area contributed by atoms with Crippen LogP contribution in [0.2, 0.25) is 0 Å². The third kappa shape index (κ3) is 4.07. The van der Waals surface area contributed by atoms with Gasteiger partial charge in [-0.15, -0.1) is 0 Å². The molecule has 3 heteroatoms. The van der Waals surface area contributed by atoms with Crippen molar-refractivity contribution in [2.75, 3.05) is 7.11 Å². The average Bonchev–Trinajstić information content (AvgIpc) is 2.95. The fraction of sp³-hybridized carbons (Fsp3) is 0.611. The third-order valence-corrected chi connectivity index (χ3v) is 4.88. The van der Waals surface area contributed by atoms with Gasteiger partial charge < -0.3 is 10.5 Å². The number of carbonyl (C=O) groups is 1. The molecule has 2 N–H and O–H groups in total. The van der Waals surface area contributed by atoms with E-state index in [1.165, 1.54) is 31.1 Å². The van der Waals surface area contributed by atoms with E-state index in [1.807, 2.05) is 0 Å².